The van der Waals surface area contributed by atoms with Crippen molar-refractivity contribution in [2.45, 2.75) is 23.8 Å². The molecule has 1 aliphatic carbocycles. The van der Waals surface area contributed by atoms with Gasteiger partial charge in [-0.1, -0.05) is 47.5 Å². The van der Waals surface area contributed by atoms with E-state index in [4.69, 9.17) is 23.2 Å². The molecule has 106 valence electrons. The van der Waals surface area contributed by atoms with Crippen LogP contribution < -0.4 is 4.72 Å². The van der Waals surface area contributed by atoms with Crippen LogP contribution in [-0.2, 0) is 16.4 Å². The van der Waals surface area contributed by atoms with E-state index in [0.29, 0.717) is 4.34 Å². The molecular formula is C13H11Cl2NO2S2. The smallest absolute Gasteiger partial charge is 0.207 e. The van der Waals surface area contributed by atoms with Gasteiger partial charge in [0.05, 0.1) is 4.34 Å². The van der Waals surface area contributed by atoms with Crippen molar-refractivity contribution in [2.24, 2.45) is 0 Å². The summed E-state index contributed by atoms with van der Waals surface area (Å²) in [5, 5.41) is 0. The van der Waals surface area contributed by atoms with Crippen LogP contribution in [-0.4, -0.2) is 8.42 Å². The van der Waals surface area contributed by atoms with Gasteiger partial charge in [0.1, 0.15) is 9.23 Å². The fourth-order valence-electron chi connectivity index (χ4n) is 2.44. The zero-order chi connectivity index (χ0) is 14.3. The minimum atomic E-state index is -3.65. The first kappa shape index (κ1) is 14.4. The molecule has 0 aliphatic heterocycles. The second kappa shape index (κ2) is 5.31. The summed E-state index contributed by atoms with van der Waals surface area (Å²) in [6.45, 7) is 0. The summed E-state index contributed by atoms with van der Waals surface area (Å²) >= 11 is 12.8. The molecule has 1 atom stereocenters. The Balaban J connectivity index is 1.90. The fourth-order valence-corrected chi connectivity index (χ4v) is 5.84. The molecule has 0 radical (unpaired) electrons. The van der Waals surface area contributed by atoms with Crippen LogP contribution in [0.3, 0.4) is 0 Å². The zero-order valence-electron chi connectivity index (χ0n) is 10.3. The van der Waals surface area contributed by atoms with Gasteiger partial charge in [-0.25, -0.2) is 13.1 Å². The van der Waals surface area contributed by atoms with E-state index in [2.05, 4.69) is 4.72 Å². The van der Waals surface area contributed by atoms with Crippen molar-refractivity contribution in [1.29, 1.82) is 0 Å². The van der Waals surface area contributed by atoms with Crippen molar-refractivity contribution in [3.05, 3.63) is 50.1 Å². The zero-order valence-corrected chi connectivity index (χ0v) is 13.4. The number of sulfonamides is 1. The largest absolute Gasteiger partial charge is 0.243 e. The molecule has 0 saturated carbocycles. The number of hydrogen-bond donors (Lipinski definition) is 1. The van der Waals surface area contributed by atoms with Gasteiger partial charge in [-0.3, -0.25) is 0 Å². The van der Waals surface area contributed by atoms with Crippen molar-refractivity contribution in [1.82, 2.24) is 4.72 Å². The molecule has 7 heteroatoms. The molecule has 0 fully saturated rings. The molecule has 2 aromatic rings. The summed E-state index contributed by atoms with van der Waals surface area (Å²) in [5.74, 6) is 0. The Labute approximate surface area is 131 Å². The molecule has 1 aliphatic rings. The van der Waals surface area contributed by atoms with E-state index in [1.807, 2.05) is 24.3 Å². The van der Waals surface area contributed by atoms with Gasteiger partial charge in [0, 0.05) is 6.04 Å². The second-order valence-corrected chi connectivity index (χ2v) is 8.57. The number of nitrogens with one attached hydrogen (secondary N) is 1. The Kier molecular flexibility index (Phi) is 3.81. The summed E-state index contributed by atoms with van der Waals surface area (Å²) in [7, 11) is -3.65. The van der Waals surface area contributed by atoms with Gasteiger partial charge in [0.15, 0.2) is 0 Å². The third kappa shape index (κ3) is 2.61. The van der Waals surface area contributed by atoms with E-state index >= 15 is 0 Å². The number of thiophene rings is 1. The predicted molar refractivity (Wildman–Crippen MR) is 82.2 cm³/mol. The van der Waals surface area contributed by atoms with Gasteiger partial charge in [-0.05, 0) is 30.0 Å². The molecule has 0 saturated heterocycles. The van der Waals surface area contributed by atoms with Crippen LogP contribution in [0.4, 0.5) is 0 Å². The molecule has 1 aromatic carbocycles. The summed E-state index contributed by atoms with van der Waals surface area (Å²) < 4.78 is 28.0. The van der Waals surface area contributed by atoms with Gasteiger partial charge in [0.2, 0.25) is 10.0 Å². The van der Waals surface area contributed by atoms with Crippen LogP contribution in [0, 0.1) is 0 Å². The highest BCUT2D eigenvalue weighted by atomic mass is 35.5. The summed E-state index contributed by atoms with van der Waals surface area (Å²) in [4.78, 5) is 0.0542. The highest BCUT2D eigenvalue weighted by Gasteiger charge is 2.29. The molecule has 1 heterocycles. The number of fused-ring (bicyclic) bond motifs is 1. The Morgan fingerprint density at radius 1 is 1.25 bits per heavy atom. The molecule has 20 heavy (non-hydrogen) atoms. The molecular weight excluding hydrogens is 337 g/mol. The standard InChI is InChI=1S/C13H11Cl2NO2S2/c14-12-7-11(13(15)19-12)20(17,18)16-10-6-5-8-3-1-2-4-9(8)10/h1-4,7,10,16H,5-6H2. The molecule has 3 rings (SSSR count). The van der Waals surface area contributed by atoms with Crippen LogP contribution >= 0.6 is 34.5 Å². The lowest BCUT2D eigenvalue weighted by Crippen LogP contribution is -2.27. The van der Waals surface area contributed by atoms with Gasteiger partial charge in [-0.2, -0.15) is 0 Å². The number of halogens is 2. The Bertz CT molecular complexity index is 755. The lowest BCUT2D eigenvalue weighted by Gasteiger charge is -2.14. The van der Waals surface area contributed by atoms with E-state index in [-0.39, 0.29) is 15.3 Å². The first-order valence-corrected chi connectivity index (χ1v) is 9.08. The summed E-state index contributed by atoms with van der Waals surface area (Å²) in [5.41, 5.74) is 2.23. The van der Waals surface area contributed by atoms with E-state index in [0.717, 1.165) is 29.7 Å². The highest BCUT2D eigenvalue weighted by molar-refractivity contribution is 7.89. The predicted octanol–water partition coefficient (Wildman–Crippen LogP) is 4.02. The Morgan fingerprint density at radius 3 is 2.70 bits per heavy atom. The maximum absolute atomic E-state index is 12.4. The van der Waals surface area contributed by atoms with Crippen LogP contribution in [0.15, 0.2) is 35.2 Å². The Morgan fingerprint density at radius 2 is 2.00 bits per heavy atom. The van der Waals surface area contributed by atoms with E-state index < -0.39 is 10.0 Å². The SMILES string of the molecule is O=S(=O)(NC1CCc2ccccc21)c1cc(Cl)sc1Cl. The third-order valence-electron chi connectivity index (χ3n) is 3.35. The monoisotopic (exact) mass is 347 g/mol. The molecule has 0 amide bonds. The van der Waals surface area contributed by atoms with Crippen LogP contribution in [0.1, 0.15) is 23.6 Å². The van der Waals surface area contributed by atoms with Crippen LogP contribution in [0.2, 0.25) is 8.67 Å². The average molecular weight is 348 g/mol. The number of hydrogen-bond acceptors (Lipinski definition) is 3. The molecule has 1 N–H and O–H groups in total. The second-order valence-electron chi connectivity index (χ2n) is 4.60. The molecule has 0 spiro atoms. The summed E-state index contributed by atoms with van der Waals surface area (Å²) in [6, 6.07) is 9.05. The molecule has 1 aromatic heterocycles. The van der Waals surface area contributed by atoms with Gasteiger partial charge < -0.3 is 0 Å². The summed E-state index contributed by atoms with van der Waals surface area (Å²) in [6.07, 6.45) is 1.63. The van der Waals surface area contributed by atoms with Crippen LogP contribution in [0.25, 0.3) is 0 Å². The number of benzene rings is 1. The van der Waals surface area contributed by atoms with Crippen molar-refractivity contribution in [3.8, 4) is 0 Å². The fraction of sp³-hybridized carbons (Fsp3) is 0.231. The van der Waals surface area contributed by atoms with E-state index in [1.165, 1.54) is 11.6 Å². The van der Waals surface area contributed by atoms with Gasteiger partial charge >= 0.3 is 0 Å². The first-order valence-electron chi connectivity index (χ1n) is 6.02. The van der Waals surface area contributed by atoms with Crippen molar-refractivity contribution in [2.75, 3.05) is 0 Å². The average Bonchev–Trinajstić information content (AvgIpc) is 2.94. The highest BCUT2D eigenvalue weighted by Crippen LogP contribution is 2.36. The van der Waals surface area contributed by atoms with E-state index in [9.17, 15) is 8.42 Å². The minimum absolute atomic E-state index is 0.0542. The normalized spacial score (nSPS) is 18.2. The van der Waals surface area contributed by atoms with Crippen molar-refractivity contribution in [3.63, 3.8) is 0 Å². The van der Waals surface area contributed by atoms with E-state index in [1.54, 1.807) is 0 Å². The first-order chi connectivity index (χ1) is 9.47. The lowest BCUT2D eigenvalue weighted by atomic mass is 10.1. The lowest BCUT2D eigenvalue weighted by molar-refractivity contribution is 0.555. The van der Waals surface area contributed by atoms with Gasteiger partial charge in [0.25, 0.3) is 0 Å². The maximum Gasteiger partial charge on any atom is 0.243 e. The maximum atomic E-state index is 12.4. The topological polar surface area (TPSA) is 46.2 Å². The van der Waals surface area contributed by atoms with Crippen LogP contribution in [0.5, 0.6) is 0 Å². The third-order valence-corrected chi connectivity index (χ3v) is 6.57. The molecule has 0 bridgehead atoms. The quantitative estimate of drug-likeness (QED) is 0.911. The van der Waals surface area contributed by atoms with Crippen molar-refractivity contribution < 1.29 is 8.42 Å². The Hall–Kier alpha value is -0.590. The number of rotatable bonds is 3. The van der Waals surface area contributed by atoms with Crippen molar-refractivity contribution >= 4 is 44.6 Å². The molecule has 1 unspecified atom stereocenters. The molecule has 3 nitrogen and oxygen atoms in total. The number of aryl methyl sites for hydroxylation is 1. The minimum Gasteiger partial charge on any atom is -0.207 e. The van der Waals surface area contributed by atoms with Gasteiger partial charge in [-0.15, -0.1) is 11.3 Å².